The molecular weight excluding hydrogens is 517 g/mol. The van der Waals surface area contributed by atoms with Crippen molar-refractivity contribution in [1.82, 2.24) is 5.32 Å². The van der Waals surface area contributed by atoms with Crippen LogP contribution in [0, 0.1) is 5.82 Å². The number of carbonyl (C=O) groups is 1. The molecular formula is C30H32FN3O4S. The number of amides is 1. The highest BCUT2D eigenvalue weighted by atomic mass is 32.2. The third-order valence-electron chi connectivity index (χ3n) is 6.63. The maximum absolute atomic E-state index is 13.3. The third-order valence-corrected chi connectivity index (χ3v) is 7.83. The lowest BCUT2D eigenvalue weighted by molar-refractivity contribution is 0.0940. The molecule has 4 aromatic rings. The van der Waals surface area contributed by atoms with Gasteiger partial charge in [-0.2, -0.15) is 0 Å². The summed E-state index contributed by atoms with van der Waals surface area (Å²) in [5.74, 6) is 0.211. The molecule has 1 heterocycles. The van der Waals surface area contributed by atoms with E-state index >= 15 is 0 Å². The number of hydrogen-bond donors (Lipinski definition) is 2. The molecule has 0 fully saturated rings. The molecule has 4 rings (SSSR count). The van der Waals surface area contributed by atoms with Gasteiger partial charge in [-0.25, -0.2) is 12.8 Å². The minimum atomic E-state index is -3.60. The molecule has 1 aromatic heterocycles. The van der Waals surface area contributed by atoms with Gasteiger partial charge in [-0.1, -0.05) is 42.5 Å². The Morgan fingerprint density at radius 2 is 1.72 bits per heavy atom. The Morgan fingerprint density at radius 3 is 2.36 bits per heavy atom. The van der Waals surface area contributed by atoms with Gasteiger partial charge < -0.3 is 15.5 Å². The molecule has 3 N–H and O–H groups in total. The average molecular weight is 550 g/mol. The van der Waals surface area contributed by atoms with Gasteiger partial charge in [0.15, 0.2) is 0 Å². The van der Waals surface area contributed by atoms with Gasteiger partial charge in [0.2, 0.25) is 10.0 Å². The van der Waals surface area contributed by atoms with Crippen molar-refractivity contribution in [2.75, 3.05) is 17.6 Å². The molecule has 0 aliphatic rings. The van der Waals surface area contributed by atoms with E-state index in [9.17, 15) is 17.6 Å². The summed E-state index contributed by atoms with van der Waals surface area (Å²) in [5.41, 5.74) is 8.67. The Kier molecular flexibility index (Phi) is 7.94. The van der Waals surface area contributed by atoms with Crippen molar-refractivity contribution < 1.29 is 22.0 Å². The first-order valence-corrected chi connectivity index (χ1v) is 14.3. The number of nitrogens with two attached hydrogens (primary N) is 1. The first-order chi connectivity index (χ1) is 18.3. The largest absolute Gasteiger partial charge is 0.459 e. The maximum Gasteiger partial charge on any atom is 0.251 e. The van der Waals surface area contributed by atoms with Gasteiger partial charge in [-0.15, -0.1) is 0 Å². The highest BCUT2D eigenvalue weighted by molar-refractivity contribution is 7.92. The van der Waals surface area contributed by atoms with Crippen LogP contribution in [-0.4, -0.2) is 27.6 Å². The predicted molar refractivity (Wildman–Crippen MR) is 151 cm³/mol. The molecule has 2 atom stereocenters. The molecule has 0 aliphatic carbocycles. The first-order valence-electron chi connectivity index (χ1n) is 12.4. The number of carbonyl (C=O) groups excluding carboxylic acids is 1. The molecule has 9 heteroatoms. The lowest BCUT2D eigenvalue weighted by atomic mass is 9.91. The van der Waals surface area contributed by atoms with Crippen LogP contribution in [0.4, 0.5) is 10.1 Å². The number of halogens is 1. The molecule has 7 nitrogen and oxygen atoms in total. The second-order valence-electron chi connectivity index (χ2n) is 9.99. The Hall–Kier alpha value is -3.95. The number of rotatable bonds is 9. The van der Waals surface area contributed by atoms with Crippen molar-refractivity contribution >= 4 is 21.6 Å². The van der Waals surface area contributed by atoms with E-state index in [1.54, 1.807) is 43.3 Å². The van der Waals surface area contributed by atoms with Crippen LogP contribution < -0.4 is 15.4 Å². The van der Waals surface area contributed by atoms with Gasteiger partial charge in [0, 0.05) is 18.2 Å². The predicted octanol–water partition coefficient (Wildman–Crippen LogP) is 5.39. The van der Waals surface area contributed by atoms with E-state index in [1.807, 2.05) is 37.3 Å². The number of sulfonamides is 1. The summed E-state index contributed by atoms with van der Waals surface area (Å²) in [6, 6.07) is 23.6. The minimum Gasteiger partial charge on any atom is -0.459 e. The van der Waals surface area contributed by atoms with Gasteiger partial charge >= 0.3 is 0 Å². The number of benzene rings is 3. The number of nitrogens with zero attached hydrogens (tertiary/aromatic N) is 1. The first kappa shape index (κ1) is 28.1. The van der Waals surface area contributed by atoms with Crippen LogP contribution in [0.25, 0.3) is 11.3 Å². The van der Waals surface area contributed by atoms with Crippen molar-refractivity contribution in [1.29, 1.82) is 0 Å². The van der Waals surface area contributed by atoms with Crippen LogP contribution in [-0.2, 0) is 22.0 Å². The SMILES string of the molecule is C[C@@H](NC(=O)c1cc(-c2ccc([C@](C)(N)Cc3ccccc3)o2)cc(N(C)S(C)(=O)=O)c1)c1ccc(F)cc1. The summed E-state index contributed by atoms with van der Waals surface area (Å²) in [6.07, 6.45) is 1.64. The van der Waals surface area contributed by atoms with Crippen LogP contribution in [0.5, 0.6) is 0 Å². The second kappa shape index (κ2) is 11.0. The molecule has 0 unspecified atom stereocenters. The van der Waals surface area contributed by atoms with Crippen molar-refractivity contribution in [2.45, 2.75) is 31.8 Å². The molecule has 0 spiro atoms. The molecule has 39 heavy (non-hydrogen) atoms. The van der Waals surface area contributed by atoms with Crippen molar-refractivity contribution in [3.05, 3.63) is 113 Å². The third kappa shape index (κ3) is 6.74. The lowest BCUT2D eigenvalue weighted by Gasteiger charge is -2.22. The number of anilines is 1. The maximum atomic E-state index is 13.3. The number of hydrogen-bond acceptors (Lipinski definition) is 5. The van der Waals surface area contributed by atoms with E-state index in [0.717, 1.165) is 21.7 Å². The van der Waals surface area contributed by atoms with Crippen molar-refractivity contribution in [3.8, 4) is 11.3 Å². The quantitative estimate of drug-likeness (QED) is 0.291. The van der Waals surface area contributed by atoms with E-state index in [-0.39, 0.29) is 11.4 Å². The van der Waals surface area contributed by atoms with Gasteiger partial charge in [0.05, 0.1) is 23.5 Å². The summed E-state index contributed by atoms with van der Waals surface area (Å²) in [4.78, 5) is 13.3. The van der Waals surface area contributed by atoms with Crippen LogP contribution in [0.1, 0.15) is 47.1 Å². The Bertz CT molecular complexity index is 1570. The fourth-order valence-corrected chi connectivity index (χ4v) is 4.77. The van der Waals surface area contributed by atoms with Crippen molar-refractivity contribution in [3.63, 3.8) is 0 Å². The highest BCUT2D eigenvalue weighted by Crippen LogP contribution is 2.33. The van der Waals surface area contributed by atoms with E-state index in [0.29, 0.717) is 29.2 Å². The minimum absolute atomic E-state index is 0.240. The summed E-state index contributed by atoms with van der Waals surface area (Å²) in [5, 5.41) is 2.89. The lowest BCUT2D eigenvalue weighted by Crippen LogP contribution is -2.35. The molecule has 0 aliphatic heterocycles. The zero-order valence-corrected chi connectivity index (χ0v) is 23.1. The van der Waals surface area contributed by atoms with Gasteiger partial charge in [0.25, 0.3) is 5.91 Å². The normalized spacial score (nSPS) is 13.9. The summed E-state index contributed by atoms with van der Waals surface area (Å²) >= 11 is 0. The standard InChI is InChI=1S/C30H32FN3O4S/c1-20(22-10-12-25(31)13-11-22)33-29(35)24-16-23(17-26(18-24)34(3)39(4,36)37)27-14-15-28(38-27)30(2,32)19-21-8-6-5-7-9-21/h5-18,20H,19,32H2,1-4H3,(H,33,35)/t20-,30-/m1/s1. The van der Waals surface area contributed by atoms with Gasteiger partial charge in [-0.3, -0.25) is 9.10 Å². The van der Waals surface area contributed by atoms with E-state index in [2.05, 4.69) is 5.32 Å². The number of nitrogens with one attached hydrogen (secondary N) is 1. The molecule has 0 radical (unpaired) electrons. The molecule has 0 saturated carbocycles. The summed E-state index contributed by atoms with van der Waals surface area (Å²) < 4.78 is 45.2. The zero-order chi connectivity index (χ0) is 28.4. The van der Waals surface area contributed by atoms with Crippen molar-refractivity contribution in [2.24, 2.45) is 5.73 Å². The van der Waals surface area contributed by atoms with Crippen LogP contribution in [0.15, 0.2) is 89.3 Å². The zero-order valence-electron chi connectivity index (χ0n) is 22.3. The average Bonchev–Trinajstić information content (AvgIpc) is 3.40. The smallest absolute Gasteiger partial charge is 0.251 e. The fraction of sp³-hybridized carbons (Fsp3) is 0.233. The van der Waals surface area contributed by atoms with E-state index < -0.39 is 27.5 Å². The molecule has 1 amide bonds. The molecule has 0 saturated heterocycles. The molecule has 204 valence electrons. The van der Waals surface area contributed by atoms with E-state index in [4.69, 9.17) is 10.2 Å². The molecule has 3 aromatic carbocycles. The Balaban J connectivity index is 1.67. The summed E-state index contributed by atoms with van der Waals surface area (Å²) in [7, 11) is -2.19. The fourth-order valence-electron chi connectivity index (χ4n) is 4.28. The van der Waals surface area contributed by atoms with Gasteiger partial charge in [0.1, 0.15) is 17.3 Å². The summed E-state index contributed by atoms with van der Waals surface area (Å²) in [6.45, 7) is 3.67. The van der Waals surface area contributed by atoms with E-state index in [1.165, 1.54) is 25.2 Å². The van der Waals surface area contributed by atoms with Crippen LogP contribution in [0.3, 0.4) is 0 Å². The second-order valence-corrected chi connectivity index (χ2v) is 12.0. The highest BCUT2D eigenvalue weighted by Gasteiger charge is 2.27. The van der Waals surface area contributed by atoms with Crippen LogP contribution in [0.2, 0.25) is 0 Å². The Labute approximate surface area is 228 Å². The molecule has 0 bridgehead atoms. The monoisotopic (exact) mass is 549 g/mol. The topological polar surface area (TPSA) is 106 Å². The van der Waals surface area contributed by atoms with Gasteiger partial charge in [-0.05, 0) is 73.9 Å². The Morgan fingerprint density at radius 1 is 1.05 bits per heavy atom. The van der Waals surface area contributed by atoms with Crippen LogP contribution >= 0.6 is 0 Å². The number of furan rings is 1.